The molecule has 0 aliphatic heterocycles. The summed E-state index contributed by atoms with van der Waals surface area (Å²) in [6, 6.07) is 10.2. The van der Waals surface area contributed by atoms with E-state index in [0.717, 1.165) is 0 Å². The molecule has 0 heterocycles. The molecule has 14 heavy (non-hydrogen) atoms. The molecule has 0 fully saturated rings. The second-order valence-electron chi connectivity index (χ2n) is 2.91. The highest BCUT2D eigenvalue weighted by atomic mass is 28.3. The van der Waals surface area contributed by atoms with Crippen LogP contribution in [0, 0.1) is 0 Å². The maximum Gasteiger partial charge on any atom is 0.355 e. The quantitative estimate of drug-likeness (QED) is 0.706. The Kier molecular flexibility index (Phi) is 4.59. The van der Waals surface area contributed by atoms with E-state index in [1.165, 1.54) is 10.8 Å². The molecule has 0 saturated heterocycles. The Hall–Kier alpha value is -0.903. The summed E-state index contributed by atoms with van der Waals surface area (Å²) in [7, 11) is 1.73. The Morgan fingerprint density at radius 1 is 1.14 bits per heavy atom. The summed E-state index contributed by atoms with van der Waals surface area (Å²) in [5.41, 5.74) is 1.19. The van der Waals surface area contributed by atoms with Crippen molar-refractivity contribution >= 4 is 14.5 Å². The first-order chi connectivity index (χ1) is 6.83. The van der Waals surface area contributed by atoms with Crippen molar-refractivity contribution in [2.24, 2.45) is 0 Å². The smallest absolute Gasteiger partial charge is 0.355 e. The van der Waals surface area contributed by atoms with Crippen molar-refractivity contribution in [3.63, 3.8) is 0 Å². The molecule has 0 atom stereocenters. The largest absolute Gasteiger partial charge is 0.397 e. The highest BCUT2D eigenvalue weighted by Gasteiger charge is 2.16. The van der Waals surface area contributed by atoms with Gasteiger partial charge in [-0.3, -0.25) is 0 Å². The van der Waals surface area contributed by atoms with Gasteiger partial charge in [0.05, 0.1) is 0 Å². The van der Waals surface area contributed by atoms with E-state index in [4.69, 9.17) is 8.85 Å². The minimum absolute atomic E-state index is 1.19. The molecule has 0 aliphatic rings. The fourth-order valence-corrected chi connectivity index (χ4v) is 2.86. The average Bonchev–Trinajstić information content (AvgIpc) is 2.27. The zero-order valence-electron chi connectivity index (χ0n) is 8.86. The van der Waals surface area contributed by atoms with Crippen LogP contribution in [0.4, 0.5) is 0 Å². The molecule has 0 N–H and O–H groups in total. The molecule has 0 spiro atoms. The lowest BCUT2D eigenvalue weighted by atomic mass is 10.2. The van der Waals surface area contributed by atoms with Gasteiger partial charge in [-0.1, -0.05) is 36.4 Å². The van der Waals surface area contributed by atoms with Crippen molar-refractivity contribution in [3.8, 4) is 0 Å². The summed E-state index contributed by atoms with van der Waals surface area (Å²) >= 11 is 0. The van der Waals surface area contributed by atoms with Crippen LogP contribution in [0.25, 0.3) is 5.20 Å². The molecular weight excluding hydrogens is 192 g/mol. The van der Waals surface area contributed by atoms with Gasteiger partial charge in [-0.2, -0.15) is 0 Å². The maximum atomic E-state index is 5.36. The third-order valence-corrected chi connectivity index (χ3v) is 4.13. The van der Waals surface area contributed by atoms with Gasteiger partial charge in [-0.05, 0) is 17.7 Å². The molecule has 0 amide bonds. The third kappa shape index (κ3) is 2.54. The first kappa shape index (κ1) is 11.2. The second-order valence-corrected chi connectivity index (χ2v) is 5.14. The van der Waals surface area contributed by atoms with Gasteiger partial charge in [0.1, 0.15) is 0 Å². The highest BCUT2D eigenvalue weighted by molar-refractivity contribution is 6.68. The summed E-state index contributed by atoms with van der Waals surface area (Å²) < 4.78 is 10.7. The van der Waals surface area contributed by atoms with Gasteiger partial charge in [-0.15, -0.1) is 0 Å². The predicted octanol–water partition coefficient (Wildman–Crippen LogP) is 2.14. The van der Waals surface area contributed by atoms with Gasteiger partial charge in [0.2, 0.25) is 0 Å². The first-order valence-electron chi connectivity index (χ1n) is 4.60. The van der Waals surface area contributed by atoms with Gasteiger partial charge in [0.25, 0.3) is 0 Å². The summed E-state index contributed by atoms with van der Waals surface area (Å²) in [5.74, 6) is 0. The predicted molar refractivity (Wildman–Crippen MR) is 61.3 cm³/mol. The zero-order chi connectivity index (χ0) is 10.4. The molecule has 3 heteroatoms. The lowest BCUT2D eigenvalue weighted by Crippen LogP contribution is -2.21. The van der Waals surface area contributed by atoms with Gasteiger partial charge in [0, 0.05) is 14.2 Å². The molecule has 0 saturated carbocycles. The second kappa shape index (κ2) is 5.75. The van der Waals surface area contributed by atoms with Crippen molar-refractivity contribution in [3.05, 3.63) is 42.0 Å². The molecule has 0 bridgehead atoms. The molecule has 1 aromatic carbocycles. The Labute approximate surface area is 87.0 Å². The molecule has 0 aromatic heterocycles. The molecular formula is C11H16O2Si. The van der Waals surface area contributed by atoms with Crippen molar-refractivity contribution in [1.29, 1.82) is 0 Å². The van der Waals surface area contributed by atoms with Crippen LogP contribution in [0.3, 0.4) is 0 Å². The van der Waals surface area contributed by atoms with E-state index in [-0.39, 0.29) is 0 Å². The molecule has 1 rings (SSSR count). The van der Waals surface area contributed by atoms with Crippen molar-refractivity contribution < 1.29 is 8.85 Å². The van der Waals surface area contributed by atoms with Crippen molar-refractivity contribution in [1.82, 2.24) is 0 Å². The highest BCUT2D eigenvalue weighted by Crippen LogP contribution is 2.17. The van der Waals surface area contributed by atoms with Gasteiger partial charge >= 0.3 is 9.28 Å². The average molecular weight is 208 g/mol. The molecule has 1 aromatic rings. The zero-order valence-corrected chi connectivity index (χ0v) is 10.0. The summed E-state index contributed by atoms with van der Waals surface area (Å²) in [6.07, 6.45) is 2.07. The fourth-order valence-electron chi connectivity index (χ4n) is 1.42. The Balaban J connectivity index is 2.94. The number of benzene rings is 1. The Morgan fingerprint density at radius 3 is 2.14 bits per heavy atom. The van der Waals surface area contributed by atoms with E-state index < -0.39 is 9.28 Å². The summed E-state index contributed by atoms with van der Waals surface area (Å²) in [4.78, 5) is 0. The number of hydrogen-bond donors (Lipinski definition) is 0. The van der Waals surface area contributed by atoms with Crippen LogP contribution in [0.2, 0.25) is 0 Å². The Morgan fingerprint density at radius 2 is 1.71 bits per heavy atom. The number of rotatable bonds is 4. The Bertz CT molecular complexity index is 291. The van der Waals surface area contributed by atoms with Crippen molar-refractivity contribution in [2.75, 3.05) is 14.2 Å². The lowest BCUT2D eigenvalue weighted by Gasteiger charge is -2.14. The molecule has 76 valence electrons. The first-order valence-corrected chi connectivity index (χ1v) is 6.12. The molecule has 2 nitrogen and oxygen atoms in total. The van der Waals surface area contributed by atoms with Crippen LogP contribution < -0.4 is 0 Å². The van der Waals surface area contributed by atoms with E-state index in [0.29, 0.717) is 0 Å². The lowest BCUT2D eigenvalue weighted by molar-refractivity contribution is 0.293. The third-order valence-electron chi connectivity index (χ3n) is 2.10. The minimum atomic E-state index is -1.67. The summed E-state index contributed by atoms with van der Waals surface area (Å²) in [5, 5.41) is 1.19. The fraction of sp³-hybridized carbons (Fsp3) is 0.273. The summed E-state index contributed by atoms with van der Waals surface area (Å²) in [6.45, 7) is 2.01. The number of hydrogen-bond acceptors (Lipinski definition) is 2. The number of allylic oxidation sites excluding steroid dienone is 1. The molecule has 0 radical (unpaired) electrons. The van der Waals surface area contributed by atoms with Crippen LogP contribution >= 0.6 is 0 Å². The van der Waals surface area contributed by atoms with E-state index in [1.54, 1.807) is 14.2 Å². The maximum absolute atomic E-state index is 5.36. The van der Waals surface area contributed by atoms with Gasteiger partial charge in [-0.25, -0.2) is 0 Å². The van der Waals surface area contributed by atoms with Crippen LogP contribution in [0.15, 0.2) is 36.4 Å². The van der Waals surface area contributed by atoms with E-state index in [2.05, 4.69) is 18.2 Å². The van der Waals surface area contributed by atoms with E-state index >= 15 is 0 Å². The van der Waals surface area contributed by atoms with E-state index in [1.807, 2.05) is 25.1 Å². The van der Waals surface area contributed by atoms with Gasteiger partial charge < -0.3 is 8.85 Å². The molecule has 0 aliphatic carbocycles. The van der Waals surface area contributed by atoms with Crippen LogP contribution in [0.1, 0.15) is 12.5 Å². The monoisotopic (exact) mass is 208 g/mol. The minimum Gasteiger partial charge on any atom is -0.397 e. The normalized spacial score (nSPS) is 12.1. The van der Waals surface area contributed by atoms with Crippen LogP contribution in [-0.4, -0.2) is 23.5 Å². The van der Waals surface area contributed by atoms with Crippen molar-refractivity contribution in [2.45, 2.75) is 6.92 Å². The van der Waals surface area contributed by atoms with Gasteiger partial charge in [0.15, 0.2) is 0 Å². The SMILES string of the molecule is CC=C(c1ccccc1)[SiH](OC)OC. The van der Waals surface area contributed by atoms with E-state index in [9.17, 15) is 0 Å². The molecule has 0 unspecified atom stereocenters. The topological polar surface area (TPSA) is 18.5 Å². The van der Waals surface area contributed by atoms with Crippen LogP contribution in [-0.2, 0) is 8.85 Å². The van der Waals surface area contributed by atoms with Crippen LogP contribution in [0.5, 0.6) is 0 Å². The standard InChI is InChI=1S/C11H16O2Si/c1-4-11(14(12-2)13-3)10-8-6-5-7-9-10/h4-9,14H,1-3H3.